The van der Waals surface area contributed by atoms with Gasteiger partial charge in [0, 0.05) is 50.9 Å². The molecule has 2 aliphatic rings. The molecule has 5 rings (SSSR count). The summed E-state index contributed by atoms with van der Waals surface area (Å²) in [5.41, 5.74) is 14.1. The standard InChI is InChI=1S/C35H34N4O4/c1-9-23-20(4)28-15-30-22(6)25(11-13-35(41)43-8)33(39-30)17-32-24(10-12-34(40)42-7)21(5)29(38-32)14-26-18(2)19(3)27(36-26)16-31(23)37-28/h9-17,37,39H,1H2,2-8H3/b12-10+,13-11+,26-14?,27-16?,28-15?,29-14?,30-15?,31-16?,32-17?,33-17?. The van der Waals surface area contributed by atoms with Gasteiger partial charge < -0.3 is 19.4 Å². The summed E-state index contributed by atoms with van der Waals surface area (Å²) < 4.78 is 9.69. The van der Waals surface area contributed by atoms with Gasteiger partial charge in [0.25, 0.3) is 0 Å². The average molecular weight is 575 g/mol. The van der Waals surface area contributed by atoms with Crippen molar-refractivity contribution in [3.8, 4) is 0 Å². The van der Waals surface area contributed by atoms with Crippen LogP contribution in [0.5, 0.6) is 0 Å². The molecule has 0 saturated heterocycles. The van der Waals surface area contributed by atoms with Crippen molar-refractivity contribution in [2.24, 2.45) is 0 Å². The van der Waals surface area contributed by atoms with Gasteiger partial charge in [0.2, 0.25) is 0 Å². The maximum atomic E-state index is 12.0. The van der Waals surface area contributed by atoms with Crippen LogP contribution in [0.2, 0.25) is 0 Å². The monoisotopic (exact) mass is 574 g/mol. The Morgan fingerprint density at radius 1 is 0.651 bits per heavy atom. The molecule has 0 saturated carbocycles. The number of aromatic nitrogens is 4. The number of esters is 2. The molecular formula is C35H34N4O4. The Morgan fingerprint density at radius 2 is 1.14 bits per heavy atom. The number of allylic oxidation sites excluding steroid dienone is 5. The minimum absolute atomic E-state index is 0.459. The zero-order chi connectivity index (χ0) is 31.0. The van der Waals surface area contributed by atoms with Gasteiger partial charge in [0.15, 0.2) is 0 Å². The molecule has 0 atom stereocenters. The van der Waals surface area contributed by atoms with E-state index >= 15 is 0 Å². The summed E-state index contributed by atoms with van der Waals surface area (Å²) in [7, 11) is 2.69. The summed E-state index contributed by atoms with van der Waals surface area (Å²) in [5, 5.41) is 0. The fourth-order valence-corrected chi connectivity index (χ4v) is 5.31. The summed E-state index contributed by atoms with van der Waals surface area (Å²) >= 11 is 0. The molecule has 3 aromatic heterocycles. The number of aryl methyl sites for hydroxylation is 2. The van der Waals surface area contributed by atoms with Crippen LogP contribution in [-0.4, -0.2) is 46.1 Å². The van der Waals surface area contributed by atoms with E-state index in [1.165, 1.54) is 26.4 Å². The number of hydrogen-bond acceptors (Lipinski definition) is 6. The molecule has 2 aliphatic heterocycles. The summed E-state index contributed by atoms with van der Waals surface area (Å²) in [6.07, 6.45) is 8.09. The largest absolute Gasteiger partial charge is 0.466 e. The molecule has 0 fully saturated rings. The molecular weight excluding hydrogens is 540 g/mol. The lowest BCUT2D eigenvalue weighted by atomic mass is 10.0. The third-order valence-corrected chi connectivity index (χ3v) is 8.11. The second-order valence-corrected chi connectivity index (χ2v) is 10.5. The number of rotatable bonds is 5. The van der Waals surface area contributed by atoms with Crippen molar-refractivity contribution in [2.45, 2.75) is 34.6 Å². The Kier molecular flexibility index (Phi) is 7.87. The van der Waals surface area contributed by atoms with Gasteiger partial charge in [-0.2, -0.15) is 0 Å². The van der Waals surface area contributed by atoms with E-state index in [4.69, 9.17) is 19.4 Å². The summed E-state index contributed by atoms with van der Waals surface area (Å²) in [6, 6.07) is 8.01. The third-order valence-electron chi connectivity index (χ3n) is 8.11. The van der Waals surface area contributed by atoms with Crippen LogP contribution in [0.25, 0.3) is 56.5 Å². The van der Waals surface area contributed by atoms with Gasteiger partial charge in [-0.05, 0) is 98.9 Å². The van der Waals surface area contributed by atoms with E-state index in [1.807, 2.05) is 32.1 Å². The molecule has 5 heterocycles. The Morgan fingerprint density at radius 3 is 1.74 bits per heavy atom. The second-order valence-electron chi connectivity index (χ2n) is 10.5. The first-order valence-electron chi connectivity index (χ1n) is 13.9. The predicted molar refractivity (Wildman–Crippen MR) is 173 cm³/mol. The first-order valence-corrected chi connectivity index (χ1v) is 13.9. The number of carbonyl (C=O) groups is 2. The zero-order valence-corrected chi connectivity index (χ0v) is 25.4. The topological polar surface area (TPSA) is 110 Å². The lowest BCUT2D eigenvalue weighted by Crippen LogP contribution is -1.94. The normalized spacial score (nSPS) is 13.4. The van der Waals surface area contributed by atoms with Gasteiger partial charge >= 0.3 is 11.9 Å². The number of H-pyrrole nitrogens is 2. The summed E-state index contributed by atoms with van der Waals surface area (Å²) in [4.78, 5) is 41.1. The molecule has 8 heteroatoms. The van der Waals surface area contributed by atoms with Crippen LogP contribution in [-0.2, 0) is 19.1 Å². The molecule has 0 unspecified atom stereocenters. The van der Waals surface area contributed by atoms with Crippen molar-refractivity contribution in [2.75, 3.05) is 14.2 Å². The van der Waals surface area contributed by atoms with Gasteiger partial charge in [-0.25, -0.2) is 19.6 Å². The highest BCUT2D eigenvalue weighted by molar-refractivity contribution is 6.00. The molecule has 0 amide bonds. The number of fused-ring (bicyclic) bond motifs is 8. The second kappa shape index (κ2) is 11.6. The van der Waals surface area contributed by atoms with Crippen molar-refractivity contribution >= 4 is 68.4 Å². The predicted octanol–water partition coefficient (Wildman–Crippen LogP) is 7.37. The number of aromatic amines is 2. The lowest BCUT2D eigenvalue weighted by Gasteiger charge is -1.99. The number of hydrogen-bond donors (Lipinski definition) is 2. The third kappa shape index (κ3) is 5.39. The number of methoxy groups -OCH3 is 2. The van der Waals surface area contributed by atoms with E-state index in [0.29, 0.717) is 5.69 Å². The fraction of sp³-hybridized carbons (Fsp3) is 0.200. The highest BCUT2D eigenvalue weighted by Gasteiger charge is 2.19. The van der Waals surface area contributed by atoms with E-state index < -0.39 is 11.9 Å². The Balaban J connectivity index is 1.96. The van der Waals surface area contributed by atoms with E-state index in [2.05, 4.69) is 49.5 Å². The average Bonchev–Trinajstić information content (AvgIpc) is 3.64. The van der Waals surface area contributed by atoms with Gasteiger partial charge in [-0.1, -0.05) is 12.7 Å². The van der Waals surface area contributed by atoms with E-state index in [1.54, 1.807) is 12.2 Å². The smallest absolute Gasteiger partial charge is 0.330 e. The van der Waals surface area contributed by atoms with Crippen LogP contribution >= 0.6 is 0 Å². The highest BCUT2D eigenvalue weighted by Crippen LogP contribution is 2.35. The lowest BCUT2D eigenvalue weighted by molar-refractivity contribution is -0.135. The molecule has 0 aromatic carbocycles. The number of nitrogens with one attached hydrogen (secondary N) is 2. The quantitative estimate of drug-likeness (QED) is 0.243. The van der Waals surface area contributed by atoms with Crippen molar-refractivity contribution in [3.63, 3.8) is 0 Å². The van der Waals surface area contributed by atoms with E-state index in [0.717, 1.165) is 83.7 Å². The minimum Gasteiger partial charge on any atom is -0.466 e. The van der Waals surface area contributed by atoms with Crippen molar-refractivity contribution < 1.29 is 19.1 Å². The molecule has 0 spiro atoms. The van der Waals surface area contributed by atoms with Crippen molar-refractivity contribution in [1.29, 1.82) is 0 Å². The van der Waals surface area contributed by atoms with Crippen LogP contribution in [0.3, 0.4) is 0 Å². The van der Waals surface area contributed by atoms with Gasteiger partial charge in [0.1, 0.15) is 0 Å². The first-order chi connectivity index (χ1) is 20.6. The Bertz CT molecular complexity index is 2000. The van der Waals surface area contributed by atoms with Gasteiger partial charge in [-0.15, -0.1) is 0 Å². The van der Waals surface area contributed by atoms with Crippen LogP contribution in [0.15, 0.2) is 49.1 Å². The molecule has 8 bridgehead atoms. The maximum absolute atomic E-state index is 12.0. The van der Waals surface area contributed by atoms with Crippen LogP contribution in [0.4, 0.5) is 0 Å². The zero-order valence-electron chi connectivity index (χ0n) is 25.4. The number of ether oxygens (including phenoxy) is 2. The molecule has 8 nitrogen and oxygen atoms in total. The SMILES string of the molecule is C=Cc1c(C)c2cc3[nH]c(cc4nc(cc5nc(cc1[nH]2)C(C)=C5C)C(C)=C4/C=C/C(=O)OC)c(/C=C/C(=O)OC)c3C. The number of carbonyl (C=O) groups excluding carboxylic acids is 2. The maximum Gasteiger partial charge on any atom is 0.330 e. The highest BCUT2D eigenvalue weighted by atomic mass is 16.5. The van der Waals surface area contributed by atoms with E-state index in [9.17, 15) is 9.59 Å². The Hall–Kier alpha value is -5.24. The molecule has 0 aliphatic carbocycles. The Labute approximate surface area is 250 Å². The van der Waals surface area contributed by atoms with Crippen molar-refractivity contribution in [3.05, 3.63) is 94.1 Å². The number of nitrogens with zero attached hydrogens (tertiary/aromatic N) is 2. The molecule has 0 radical (unpaired) electrons. The van der Waals surface area contributed by atoms with Crippen LogP contribution in [0, 0.1) is 13.8 Å². The van der Waals surface area contributed by atoms with Gasteiger partial charge in [-0.3, -0.25) is 0 Å². The van der Waals surface area contributed by atoms with Crippen LogP contribution < -0.4 is 0 Å². The minimum atomic E-state index is -0.464. The summed E-state index contributed by atoms with van der Waals surface area (Å²) in [5.74, 6) is -0.923. The molecule has 218 valence electrons. The first kappa shape index (κ1) is 29.3. The molecule has 2 N–H and O–H groups in total. The van der Waals surface area contributed by atoms with E-state index in [-0.39, 0.29) is 0 Å². The molecule has 3 aromatic rings. The van der Waals surface area contributed by atoms with Crippen LogP contribution in [0.1, 0.15) is 65.8 Å². The van der Waals surface area contributed by atoms with Gasteiger partial charge in [0.05, 0.1) is 37.0 Å². The van der Waals surface area contributed by atoms with Crippen molar-refractivity contribution in [1.82, 2.24) is 19.9 Å². The summed E-state index contributed by atoms with van der Waals surface area (Å²) in [6.45, 7) is 14.2. The molecule has 43 heavy (non-hydrogen) atoms. The fourth-order valence-electron chi connectivity index (χ4n) is 5.31.